The third-order valence-electron chi connectivity index (χ3n) is 3.54. The second kappa shape index (κ2) is 7.06. The summed E-state index contributed by atoms with van der Waals surface area (Å²) in [5.74, 6) is -0.239. The van der Waals surface area contributed by atoms with Crippen LogP contribution in [-0.2, 0) is 4.74 Å². The molecule has 1 atom stereocenters. The molecule has 1 aliphatic heterocycles. The molecule has 0 bridgehead atoms. The van der Waals surface area contributed by atoms with Crippen molar-refractivity contribution in [3.63, 3.8) is 0 Å². The van der Waals surface area contributed by atoms with Crippen molar-refractivity contribution < 1.29 is 14.4 Å². The molecule has 1 saturated heterocycles. The van der Waals surface area contributed by atoms with Gasteiger partial charge in [0.25, 0.3) is 0 Å². The molecule has 0 aromatic heterocycles. The predicted octanol–water partition coefficient (Wildman–Crippen LogP) is 2.06. The lowest BCUT2D eigenvalue weighted by molar-refractivity contribution is -0.907. The van der Waals surface area contributed by atoms with Crippen LogP contribution in [0.25, 0.3) is 0 Å². The van der Waals surface area contributed by atoms with Gasteiger partial charge < -0.3 is 9.64 Å². The highest BCUT2D eigenvalue weighted by molar-refractivity contribution is 9.10. The third kappa shape index (κ3) is 4.32. The molecule has 0 unspecified atom stereocenters. The topological polar surface area (TPSA) is 30.7 Å². The van der Waals surface area contributed by atoms with Crippen molar-refractivity contribution in [2.75, 3.05) is 19.6 Å². The summed E-state index contributed by atoms with van der Waals surface area (Å²) in [4.78, 5) is 13.6. The highest BCUT2D eigenvalue weighted by Gasteiger charge is 2.20. The molecule has 1 aromatic carbocycles. The maximum Gasteiger partial charge on any atom is 0.339 e. The van der Waals surface area contributed by atoms with Gasteiger partial charge in [0.2, 0.25) is 0 Å². The van der Waals surface area contributed by atoms with E-state index in [9.17, 15) is 4.79 Å². The summed E-state index contributed by atoms with van der Waals surface area (Å²) in [6, 6.07) is 7.38. The van der Waals surface area contributed by atoms with Gasteiger partial charge in [-0.05, 0) is 54.2 Å². The highest BCUT2D eigenvalue weighted by atomic mass is 79.9. The molecule has 1 N–H and O–H groups in total. The number of esters is 1. The van der Waals surface area contributed by atoms with Gasteiger partial charge in [-0.2, -0.15) is 0 Å². The lowest BCUT2D eigenvalue weighted by atomic mass is 10.1. The summed E-state index contributed by atoms with van der Waals surface area (Å²) in [5.41, 5.74) is 0.600. The largest absolute Gasteiger partial charge is 0.453 e. The average Bonchev–Trinajstić information content (AvgIpc) is 2.40. The molecule has 0 aliphatic carbocycles. The Bertz CT molecular complexity index is 430. The Balaban J connectivity index is 1.86. The Hall–Kier alpha value is -0.870. The van der Waals surface area contributed by atoms with Crippen LogP contribution in [0.2, 0.25) is 0 Å². The van der Waals surface area contributed by atoms with Crippen molar-refractivity contribution in [3.8, 4) is 0 Å². The summed E-state index contributed by atoms with van der Waals surface area (Å²) in [7, 11) is 0. The van der Waals surface area contributed by atoms with Crippen molar-refractivity contribution in [2.24, 2.45) is 0 Å². The number of carbonyl (C=O) groups excluding carboxylic acids is 1. The predicted molar refractivity (Wildman–Crippen MR) is 78.4 cm³/mol. The normalized spacial score (nSPS) is 18.0. The lowest BCUT2D eigenvalue weighted by Gasteiger charge is -2.26. The Morgan fingerprint density at radius 1 is 1.32 bits per heavy atom. The number of quaternary nitrogens is 1. The third-order valence-corrected chi connectivity index (χ3v) is 4.23. The van der Waals surface area contributed by atoms with Gasteiger partial charge in [-0.15, -0.1) is 0 Å². The van der Waals surface area contributed by atoms with Crippen LogP contribution in [-0.4, -0.2) is 31.7 Å². The molecule has 0 saturated carbocycles. The van der Waals surface area contributed by atoms with Crippen LogP contribution in [0.3, 0.4) is 0 Å². The zero-order chi connectivity index (χ0) is 13.7. The van der Waals surface area contributed by atoms with Crippen molar-refractivity contribution in [1.82, 2.24) is 0 Å². The van der Waals surface area contributed by atoms with Crippen LogP contribution in [0.5, 0.6) is 0 Å². The molecule has 1 aromatic rings. The van der Waals surface area contributed by atoms with E-state index in [4.69, 9.17) is 4.74 Å². The van der Waals surface area contributed by atoms with Crippen molar-refractivity contribution >= 4 is 21.9 Å². The lowest BCUT2D eigenvalue weighted by Crippen LogP contribution is -3.13. The first kappa shape index (κ1) is 14.5. The van der Waals surface area contributed by atoms with E-state index in [1.165, 1.54) is 32.4 Å². The Labute approximate surface area is 123 Å². The first-order chi connectivity index (χ1) is 9.16. The SMILES string of the molecule is C[C@@H](C[NH+]1CCCCC1)OC(=O)c1ccccc1Br. The molecule has 3 nitrogen and oxygen atoms in total. The molecule has 0 radical (unpaired) electrons. The quantitative estimate of drug-likeness (QED) is 0.859. The molecule has 0 spiro atoms. The second-order valence-corrected chi connectivity index (χ2v) is 6.06. The van der Waals surface area contributed by atoms with E-state index in [2.05, 4.69) is 15.9 Å². The zero-order valence-electron chi connectivity index (χ0n) is 11.3. The van der Waals surface area contributed by atoms with E-state index in [1.54, 1.807) is 11.0 Å². The number of likely N-dealkylation sites (tertiary alicyclic amines) is 1. The number of rotatable bonds is 4. The summed E-state index contributed by atoms with van der Waals surface area (Å²) in [5, 5.41) is 0. The van der Waals surface area contributed by atoms with Crippen LogP contribution in [0.15, 0.2) is 28.7 Å². The molecular formula is C15H21BrNO2+. The number of piperidine rings is 1. The minimum absolute atomic E-state index is 0.0345. The minimum atomic E-state index is -0.239. The second-order valence-electron chi connectivity index (χ2n) is 5.21. The van der Waals surface area contributed by atoms with E-state index in [0.29, 0.717) is 5.56 Å². The maximum atomic E-state index is 12.1. The van der Waals surface area contributed by atoms with Crippen molar-refractivity contribution in [1.29, 1.82) is 0 Å². The number of benzene rings is 1. The van der Waals surface area contributed by atoms with Gasteiger partial charge >= 0.3 is 5.97 Å². The zero-order valence-corrected chi connectivity index (χ0v) is 12.9. The molecule has 1 heterocycles. The molecule has 19 heavy (non-hydrogen) atoms. The smallest absolute Gasteiger partial charge is 0.339 e. The molecule has 4 heteroatoms. The standard InChI is InChI=1S/C15H20BrNO2/c1-12(11-17-9-5-2-6-10-17)19-15(18)13-7-3-4-8-14(13)16/h3-4,7-8,12H,2,5-6,9-11H2,1H3/p+1/t12-/m0/s1. The van der Waals surface area contributed by atoms with Crippen molar-refractivity contribution in [2.45, 2.75) is 32.3 Å². The number of nitrogens with one attached hydrogen (secondary N) is 1. The Morgan fingerprint density at radius 2 is 2.00 bits per heavy atom. The molecule has 1 fully saturated rings. The van der Waals surface area contributed by atoms with Crippen LogP contribution < -0.4 is 4.90 Å². The fourth-order valence-electron chi connectivity index (χ4n) is 2.58. The van der Waals surface area contributed by atoms with Crippen LogP contribution in [0, 0.1) is 0 Å². The molecule has 2 rings (SSSR count). The number of hydrogen-bond donors (Lipinski definition) is 1. The minimum Gasteiger partial charge on any atom is -0.453 e. The number of ether oxygens (including phenoxy) is 1. The van der Waals surface area contributed by atoms with Gasteiger partial charge in [0.05, 0.1) is 18.7 Å². The van der Waals surface area contributed by atoms with Gasteiger partial charge in [0.15, 0.2) is 0 Å². The van der Waals surface area contributed by atoms with Gasteiger partial charge in [0, 0.05) is 4.47 Å². The summed E-state index contributed by atoms with van der Waals surface area (Å²) >= 11 is 3.38. The number of hydrogen-bond acceptors (Lipinski definition) is 2. The average molecular weight is 327 g/mol. The Morgan fingerprint density at radius 3 is 2.68 bits per heavy atom. The van der Waals surface area contributed by atoms with Crippen LogP contribution in [0.1, 0.15) is 36.5 Å². The van der Waals surface area contributed by atoms with E-state index >= 15 is 0 Å². The summed E-state index contributed by atoms with van der Waals surface area (Å²) in [6.45, 7) is 5.31. The maximum absolute atomic E-state index is 12.1. The van der Waals surface area contributed by atoms with Gasteiger partial charge in [-0.3, -0.25) is 0 Å². The highest BCUT2D eigenvalue weighted by Crippen LogP contribution is 2.17. The Kier molecular flexibility index (Phi) is 5.40. The first-order valence-corrected chi connectivity index (χ1v) is 7.75. The van der Waals surface area contributed by atoms with Crippen molar-refractivity contribution in [3.05, 3.63) is 34.3 Å². The van der Waals surface area contributed by atoms with E-state index in [0.717, 1.165) is 11.0 Å². The molecular weight excluding hydrogens is 306 g/mol. The molecule has 0 amide bonds. The number of halogens is 1. The van der Waals surface area contributed by atoms with Crippen LogP contribution >= 0.6 is 15.9 Å². The molecule has 1 aliphatic rings. The van der Waals surface area contributed by atoms with Gasteiger partial charge in [-0.1, -0.05) is 12.1 Å². The summed E-state index contributed by atoms with van der Waals surface area (Å²) in [6.07, 6.45) is 3.89. The monoisotopic (exact) mass is 326 g/mol. The first-order valence-electron chi connectivity index (χ1n) is 6.96. The van der Waals surface area contributed by atoms with Gasteiger partial charge in [-0.25, -0.2) is 4.79 Å². The molecule has 104 valence electrons. The van der Waals surface area contributed by atoms with E-state index < -0.39 is 0 Å². The van der Waals surface area contributed by atoms with Gasteiger partial charge in [0.1, 0.15) is 12.6 Å². The number of carbonyl (C=O) groups is 1. The fraction of sp³-hybridized carbons (Fsp3) is 0.533. The summed E-state index contributed by atoms with van der Waals surface area (Å²) < 4.78 is 6.32. The van der Waals surface area contributed by atoms with Crippen LogP contribution in [0.4, 0.5) is 0 Å². The van der Waals surface area contributed by atoms with E-state index in [-0.39, 0.29) is 12.1 Å². The van der Waals surface area contributed by atoms with E-state index in [1.807, 2.05) is 25.1 Å². The fourth-order valence-corrected chi connectivity index (χ4v) is 3.02.